The van der Waals surface area contributed by atoms with Gasteiger partial charge in [0.15, 0.2) is 5.69 Å². The minimum atomic E-state index is -4.74. The monoisotopic (exact) mass is 410 g/mol. The van der Waals surface area contributed by atoms with E-state index in [4.69, 9.17) is 4.42 Å². The van der Waals surface area contributed by atoms with E-state index in [0.717, 1.165) is 10.0 Å². The first-order valence-electron chi connectivity index (χ1n) is 7.03. The van der Waals surface area contributed by atoms with E-state index >= 15 is 0 Å². The Morgan fingerprint density at radius 3 is 2.48 bits per heavy atom. The molecule has 0 aliphatic heterocycles. The Morgan fingerprint density at radius 2 is 1.80 bits per heavy atom. The number of benzene rings is 1. The molecule has 3 rings (SSSR count). The molecular weight excluding hydrogens is 401 g/mol. The van der Waals surface area contributed by atoms with Gasteiger partial charge in [0.05, 0.1) is 0 Å². The zero-order valence-corrected chi connectivity index (χ0v) is 14.1. The van der Waals surface area contributed by atoms with Crippen molar-refractivity contribution in [3.8, 4) is 11.3 Å². The van der Waals surface area contributed by atoms with Crippen molar-refractivity contribution in [2.24, 2.45) is 0 Å². The third-order valence-electron chi connectivity index (χ3n) is 3.30. The number of alkyl halides is 3. The van der Waals surface area contributed by atoms with Gasteiger partial charge in [-0.05, 0) is 41.4 Å². The molecule has 128 valence electrons. The average Bonchev–Trinajstić information content (AvgIpc) is 3.02. The number of aromatic nitrogens is 2. The molecule has 0 atom stereocenters. The molecule has 0 radical (unpaired) electrons. The van der Waals surface area contributed by atoms with Crippen molar-refractivity contribution in [3.63, 3.8) is 0 Å². The maximum atomic E-state index is 12.7. The summed E-state index contributed by atoms with van der Waals surface area (Å²) >= 11 is 3.35. The second-order valence-electron chi connectivity index (χ2n) is 5.06. The van der Waals surface area contributed by atoms with E-state index in [1.165, 1.54) is 12.2 Å². The van der Waals surface area contributed by atoms with Crippen LogP contribution in [0.5, 0.6) is 0 Å². The van der Waals surface area contributed by atoms with Crippen molar-refractivity contribution in [3.05, 3.63) is 75.6 Å². The number of hydrogen-bond donors (Lipinski definition) is 0. The number of hydrogen-bond acceptors (Lipinski definition) is 3. The molecule has 0 bridgehead atoms. The van der Waals surface area contributed by atoms with Crippen molar-refractivity contribution in [1.29, 1.82) is 0 Å². The SMILES string of the molecule is [O-][n+]1cnc(C=Cc2ccc(-c3ccc(Br)cc3)o2)cc1C(F)(F)F. The molecule has 3 aromatic rings. The quantitative estimate of drug-likeness (QED) is 0.454. The fourth-order valence-corrected chi connectivity index (χ4v) is 2.36. The second kappa shape index (κ2) is 6.72. The van der Waals surface area contributed by atoms with Gasteiger partial charge in [0.2, 0.25) is 5.69 Å². The summed E-state index contributed by atoms with van der Waals surface area (Å²) in [6.45, 7) is 0. The number of nitrogens with zero attached hydrogens (tertiary/aromatic N) is 2. The van der Waals surface area contributed by atoms with Gasteiger partial charge in [-0.25, -0.2) is 4.73 Å². The maximum absolute atomic E-state index is 12.7. The Balaban J connectivity index is 1.82. The molecule has 0 saturated heterocycles. The van der Waals surface area contributed by atoms with E-state index in [1.807, 2.05) is 24.3 Å². The minimum absolute atomic E-state index is 0.000941. The summed E-state index contributed by atoms with van der Waals surface area (Å²) in [4.78, 5) is 3.66. The van der Waals surface area contributed by atoms with Crippen molar-refractivity contribution >= 4 is 28.1 Å². The van der Waals surface area contributed by atoms with Crippen LogP contribution in [-0.2, 0) is 6.18 Å². The highest BCUT2D eigenvalue weighted by molar-refractivity contribution is 9.10. The Bertz CT molecular complexity index is 918. The van der Waals surface area contributed by atoms with Gasteiger partial charge in [0.1, 0.15) is 11.5 Å². The first-order chi connectivity index (χ1) is 11.8. The van der Waals surface area contributed by atoms with Gasteiger partial charge >= 0.3 is 6.18 Å². The largest absolute Gasteiger partial charge is 0.711 e. The molecule has 8 heteroatoms. The molecule has 4 nitrogen and oxygen atoms in total. The topological polar surface area (TPSA) is 53.0 Å². The number of rotatable bonds is 3. The van der Waals surface area contributed by atoms with E-state index in [2.05, 4.69) is 20.9 Å². The van der Waals surface area contributed by atoms with Crippen molar-refractivity contribution in [2.75, 3.05) is 0 Å². The van der Waals surface area contributed by atoms with Crippen LogP contribution in [0.3, 0.4) is 0 Å². The van der Waals surface area contributed by atoms with Crippen LogP contribution in [0.15, 0.2) is 57.7 Å². The van der Waals surface area contributed by atoms with E-state index in [1.54, 1.807) is 12.1 Å². The predicted octanol–water partition coefficient (Wildman–Crippen LogP) is 4.93. The molecule has 0 aliphatic carbocycles. The molecule has 1 aromatic carbocycles. The van der Waals surface area contributed by atoms with Crippen LogP contribution in [0.2, 0.25) is 0 Å². The molecule has 0 fully saturated rings. The first-order valence-corrected chi connectivity index (χ1v) is 7.82. The third-order valence-corrected chi connectivity index (χ3v) is 3.83. The van der Waals surface area contributed by atoms with E-state index in [0.29, 0.717) is 23.9 Å². The molecule has 0 saturated carbocycles. The van der Waals surface area contributed by atoms with E-state index in [-0.39, 0.29) is 10.4 Å². The lowest BCUT2D eigenvalue weighted by Crippen LogP contribution is -2.37. The fraction of sp³-hybridized carbons (Fsp3) is 0.0588. The Morgan fingerprint density at radius 1 is 1.08 bits per heavy atom. The molecule has 0 unspecified atom stereocenters. The van der Waals surface area contributed by atoms with Gasteiger partial charge in [-0.2, -0.15) is 13.2 Å². The van der Waals surface area contributed by atoms with Crippen LogP contribution < -0.4 is 4.73 Å². The zero-order valence-electron chi connectivity index (χ0n) is 12.5. The molecule has 0 amide bonds. The zero-order chi connectivity index (χ0) is 18.0. The van der Waals surface area contributed by atoms with Gasteiger partial charge in [0, 0.05) is 16.1 Å². The normalized spacial score (nSPS) is 12.0. The summed E-state index contributed by atoms with van der Waals surface area (Å²) in [6, 6.07) is 11.6. The van der Waals surface area contributed by atoms with Gasteiger partial charge < -0.3 is 9.62 Å². The molecule has 2 heterocycles. The summed E-state index contributed by atoms with van der Waals surface area (Å²) in [5, 5.41) is 11.2. The summed E-state index contributed by atoms with van der Waals surface area (Å²) in [6.07, 6.45) is -1.33. The Kier molecular flexibility index (Phi) is 4.63. The Labute approximate surface area is 149 Å². The van der Waals surface area contributed by atoms with E-state index in [9.17, 15) is 18.4 Å². The van der Waals surface area contributed by atoms with Crippen LogP contribution in [0, 0.1) is 5.21 Å². The fourth-order valence-electron chi connectivity index (χ4n) is 2.10. The van der Waals surface area contributed by atoms with E-state index < -0.39 is 11.9 Å². The van der Waals surface area contributed by atoms with Gasteiger partial charge in [-0.1, -0.05) is 28.1 Å². The molecule has 25 heavy (non-hydrogen) atoms. The van der Waals surface area contributed by atoms with Crippen LogP contribution in [0.4, 0.5) is 13.2 Å². The van der Waals surface area contributed by atoms with Gasteiger partial charge in [-0.3, -0.25) is 0 Å². The molecular formula is C17H10BrF3N2O2. The lowest BCUT2D eigenvalue weighted by atomic mass is 10.2. The van der Waals surface area contributed by atoms with Crippen molar-refractivity contribution in [1.82, 2.24) is 4.98 Å². The first kappa shape index (κ1) is 17.2. The summed E-state index contributed by atoms with van der Waals surface area (Å²) in [7, 11) is 0. The number of furan rings is 1. The summed E-state index contributed by atoms with van der Waals surface area (Å²) in [5.74, 6) is 1.08. The smallest absolute Gasteiger partial charge is 0.454 e. The number of halogens is 4. The highest BCUT2D eigenvalue weighted by atomic mass is 79.9. The van der Waals surface area contributed by atoms with Gasteiger partial charge in [-0.15, -0.1) is 0 Å². The maximum Gasteiger partial charge on any atom is 0.454 e. The summed E-state index contributed by atoms with van der Waals surface area (Å²) in [5.41, 5.74) is -0.453. The summed E-state index contributed by atoms with van der Waals surface area (Å²) < 4.78 is 44.4. The van der Waals surface area contributed by atoms with Crippen LogP contribution in [0.25, 0.3) is 23.5 Å². The van der Waals surface area contributed by atoms with Crippen molar-refractivity contribution < 1.29 is 22.3 Å². The van der Waals surface area contributed by atoms with Gasteiger partial charge in [0.25, 0.3) is 6.33 Å². The average molecular weight is 411 g/mol. The van der Waals surface area contributed by atoms with Crippen LogP contribution >= 0.6 is 15.9 Å². The third kappa shape index (κ3) is 4.08. The molecule has 2 aromatic heterocycles. The highest BCUT2D eigenvalue weighted by Gasteiger charge is 2.37. The highest BCUT2D eigenvalue weighted by Crippen LogP contribution is 2.27. The Hall–Kier alpha value is -2.61. The molecule has 0 N–H and O–H groups in total. The van der Waals surface area contributed by atoms with Crippen LogP contribution in [-0.4, -0.2) is 4.98 Å². The standard InChI is InChI=1S/C17H10BrF3N2O2/c18-12-3-1-11(2-4-12)15-8-7-14(25-15)6-5-13-9-16(17(19,20)21)23(24)10-22-13/h1-10H. The lowest BCUT2D eigenvalue weighted by Gasteiger charge is -2.10. The van der Waals surface area contributed by atoms with Crippen LogP contribution in [0.1, 0.15) is 17.1 Å². The molecule has 0 aliphatic rings. The molecule has 0 spiro atoms. The second-order valence-corrected chi connectivity index (χ2v) is 5.98. The minimum Gasteiger partial charge on any atom is -0.711 e. The predicted molar refractivity (Wildman–Crippen MR) is 89.0 cm³/mol. The van der Waals surface area contributed by atoms with Crippen molar-refractivity contribution in [2.45, 2.75) is 6.18 Å². The lowest BCUT2D eigenvalue weighted by molar-refractivity contribution is -0.632.